The van der Waals surface area contributed by atoms with Gasteiger partial charge >= 0.3 is 0 Å². The number of halogens is 1. The lowest BCUT2D eigenvalue weighted by atomic mass is 9.84. The number of carbonyl (C=O) groups is 1. The van der Waals surface area contributed by atoms with Crippen molar-refractivity contribution >= 4 is 40.0 Å². The molecule has 3 aliphatic rings. The molecular formula is C22H20ClN3O2S. The third-order valence-electron chi connectivity index (χ3n) is 5.94. The van der Waals surface area contributed by atoms with Crippen LogP contribution in [0.25, 0.3) is 5.57 Å². The van der Waals surface area contributed by atoms with Crippen LogP contribution in [0.3, 0.4) is 0 Å². The van der Waals surface area contributed by atoms with Gasteiger partial charge in [0.05, 0.1) is 17.1 Å². The van der Waals surface area contributed by atoms with E-state index < -0.39 is 0 Å². The van der Waals surface area contributed by atoms with Gasteiger partial charge in [0.15, 0.2) is 5.17 Å². The van der Waals surface area contributed by atoms with E-state index in [2.05, 4.69) is 39.1 Å². The first-order valence-electron chi connectivity index (χ1n) is 9.67. The zero-order chi connectivity index (χ0) is 20.0. The van der Waals surface area contributed by atoms with Crippen molar-refractivity contribution in [3.63, 3.8) is 0 Å². The number of thioether (sulfide) groups is 1. The van der Waals surface area contributed by atoms with E-state index in [0.29, 0.717) is 16.7 Å². The van der Waals surface area contributed by atoms with E-state index in [1.165, 1.54) is 22.9 Å². The highest BCUT2D eigenvalue weighted by Crippen LogP contribution is 2.45. The van der Waals surface area contributed by atoms with Crippen molar-refractivity contribution in [1.82, 2.24) is 9.88 Å². The molecule has 0 saturated carbocycles. The number of hydrogen-bond acceptors (Lipinski definition) is 5. The number of nitrogens with zero attached hydrogens (tertiary/aromatic N) is 3. The second-order valence-corrected chi connectivity index (χ2v) is 8.92. The van der Waals surface area contributed by atoms with Crippen LogP contribution in [-0.4, -0.2) is 34.0 Å². The van der Waals surface area contributed by atoms with E-state index in [1.54, 1.807) is 12.3 Å². The lowest BCUT2D eigenvalue weighted by Crippen LogP contribution is -2.44. The molecule has 1 aromatic heterocycles. The molecular weight excluding hydrogens is 406 g/mol. The van der Waals surface area contributed by atoms with Crippen molar-refractivity contribution in [3.8, 4) is 0 Å². The summed E-state index contributed by atoms with van der Waals surface area (Å²) < 4.78 is 6.24. The number of amides is 1. The fraction of sp³-hybridized carbons (Fsp3) is 0.318. The largest absolute Gasteiger partial charge is 0.365 e. The normalized spacial score (nSPS) is 22.1. The minimum absolute atomic E-state index is 0.180. The zero-order valence-corrected chi connectivity index (χ0v) is 17.6. The van der Waals surface area contributed by atoms with E-state index in [4.69, 9.17) is 16.3 Å². The van der Waals surface area contributed by atoms with Gasteiger partial charge < -0.3 is 9.64 Å². The molecule has 5 nitrogen and oxygen atoms in total. The second-order valence-electron chi connectivity index (χ2n) is 7.55. The first-order valence-corrected chi connectivity index (χ1v) is 10.9. The van der Waals surface area contributed by atoms with Gasteiger partial charge in [-0.1, -0.05) is 41.9 Å². The number of aliphatic imine (C=N–C) groups is 1. The number of hydrogen-bond donors (Lipinski definition) is 0. The molecule has 29 heavy (non-hydrogen) atoms. The van der Waals surface area contributed by atoms with Crippen molar-refractivity contribution in [2.24, 2.45) is 4.99 Å². The predicted molar refractivity (Wildman–Crippen MR) is 116 cm³/mol. The highest BCUT2D eigenvalue weighted by molar-refractivity contribution is 8.18. The summed E-state index contributed by atoms with van der Waals surface area (Å²) in [5, 5.41) is 1.22. The van der Waals surface area contributed by atoms with Gasteiger partial charge in [0.25, 0.3) is 5.91 Å². The molecule has 1 spiro atoms. The third-order valence-corrected chi connectivity index (χ3v) is 7.38. The van der Waals surface area contributed by atoms with Crippen LogP contribution in [0.5, 0.6) is 0 Å². The number of allylic oxidation sites excluding steroid dienone is 1. The van der Waals surface area contributed by atoms with Gasteiger partial charge in [0.2, 0.25) is 0 Å². The topological polar surface area (TPSA) is 54.8 Å². The Morgan fingerprint density at radius 3 is 2.76 bits per heavy atom. The monoisotopic (exact) mass is 425 g/mol. The molecule has 5 rings (SSSR count). The average Bonchev–Trinajstić information content (AvgIpc) is 3.30. The number of fused-ring (bicyclic) bond motifs is 2. The Hall–Kier alpha value is -2.15. The molecule has 1 amide bonds. The molecule has 1 fully saturated rings. The van der Waals surface area contributed by atoms with Gasteiger partial charge in [-0.2, -0.15) is 4.99 Å². The quantitative estimate of drug-likeness (QED) is 0.493. The molecule has 0 N–H and O–H groups in total. The highest BCUT2D eigenvalue weighted by Gasteiger charge is 2.43. The molecule has 0 radical (unpaired) electrons. The number of ether oxygens (including phenoxy) is 1. The Morgan fingerprint density at radius 1 is 1.21 bits per heavy atom. The van der Waals surface area contributed by atoms with Gasteiger partial charge in [-0.25, -0.2) is 4.98 Å². The van der Waals surface area contributed by atoms with Crippen molar-refractivity contribution in [2.75, 3.05) is 13.1 Å². The summed E-state index contributed by atoms with van der Waals surface area (Å²) in [6, 6.07) is 12.1. The zero-order valence-electron chi connectivity index (χ0n) is 16.0. The van der Waals surface area contributed by atoms with Gasteiger partial charge in [-0.05, 0) is 59.9 Å². The van der Waals surface area contributed by atoms with Crippen LogP contribution in [0, 0.1) is 0 Å². The number of aromatic nitrogens is 1. The summed E-state index contributed by atoms with van der Waals surface area (Å²) in [6.45, 7) is 4.26. The van der Waals surface area contributed by atoms with Gasteiger partial charge in [0.1, 0.15) is 5.15 Å². The number of rotatable bonds is 1. The Morgan fingerprint density at radius 2 is 2.00 bits per heavy atom. The Kier molecular flexibility index (Phi) is 4.73. The summed E-state index contributed by atoms with van der Waals surface area (Å²) in [5.41, 5.74) is 4.19. The maximum Gasteiger partial charge on any atom is 0.286 e. The SMILES string of the molecule is C/C(=C1\SC(N2CCC3(CC2)OCc2ccccc23)=NC1=O)c1ccc(Cl)nc1. The van der Waals surface area contributed by atoms with Gasteiger partial charge in [0, 0.05) is 19.3 Å². The maximum atomic E-state index is 12.6. The lowest BCUT2D eigenvalue weighted by Gasteiger charge is -2.39. The van der Waals surface area contributed by atoms with Crippen LogP contribution < -0.4 is 0 Å². The minimum atomic E-state index is -0.190. The van der Waals surface area contributed by atoms with Crippen LogP contribution in [0.4, 0.5) is 0 Å². The predicted octanol–water partition coefficient (Wildman–Crippen LogP) is 4.62. The van der Waals surface area contributed by atoms with Gasteiger partial charge in [-0.3, -0.25) is 4.79 Å². The van der Waals surface area contributed by atoms with Gasteiger partial charge in [-0.15, -0.1) is 0 Å². The van der Waals surface area contributed by atoms with Crippen molar-refractivity contribution in [1.29, 1.82) is 0 Å². The molecule has 1 saturated heterocycles. The number of benzene rings is 1. The fourth-order valence-corrected chi connectivity index (χ4v) is 5.39. The second kappa shape index (κ2) is 7.27. The molecule has 4 heterocycles. The molecule has 2 aromatic rings. The molecule has 0 bridgehead atoms. The minimum Gasteiger partial charge on any atom is -0.365 e. The summed E-state index contributed by atoms with van der Waals surface area (Å²) in [7, 11) is 0. The molecule has 0 atom stereocenters. The van der Waals surface area contributed by atoms with Crippen molar-refractivity contribution < 1.29 is 9.53 Å². The summed E-state index contributed by atoms with van der Waals surface area (Å²) in [4.78, 5) is 23.9. The average molecular weight is 426 g/mol. The number of carbonyl (C=O) groups excluding carboxylic acids is 1. The Labute approximate surface area is 178 Å². The number of piperidine rings is 1. The molecule has 7 heteroatoms. The van der Waals surface area contributed by atoms with Crippen LogP contribution >= 0.6 is 23.4 Å². The number of amidine groups is 1. The standard InChI is InChI=1S/C22H20ClN3O2S/c1-14(15-6-7-18(23)24-12-15)19-20(27)25-21(29-19)26-10-8-22(9-11-26)17-5-3-2-4-16(17)13-28-22/h2-7,12H,8-11,13H2,1H3/b19-14+. The number of likely N-dealkylation sites (tertiary alicyclic amines) is 1. The van der Waals surface area contributed by atoms with Crippen molar-refractivity contribution in [3.05, 3.63) is 69.3 Å². The van der Waals surface area contributed by atoms with Crippen molar-refractivity contribution in [2.45, 2.75) is 32.0 Å². The van der Waals surface area contributed by atoms with E-state index in [9.17, 15) is 4.79 Å². The first kappa shape index (κ1) is 18.9. The van der Waals surface area contributed by atoms with Crippen LogP contribution in [-0.2, 0) is 21.7 Å². The Balaban J connectivity index is 1.31. The van der Waals surface area contributed by atoms with E-state index >= 15 is 0 Å². The molecule has 148 valence electrons. The summed E-state index contributed by atoms with van der Waals surface area (Å²) in [5.74, 6) is -0.180. The van der Waals surface area contributed by atoms with E-state index in [0.717, 1.165) is 42.2 Å². The molecule has 0 unspecified atom stereocenters. The van der Waals surface area contributed by atoms with E-state index in [1.807, 2.05) is 13.0 Å². The molecule has 3 aliphatic heterocycles. The fourth-order valence-electron chi connectivity index (χ4n) is 4.25. The smallest absolute Gasteiger partial charge is 0.286 e. The summed E-state index contributed by atoms with van der Waals surface area (Å²) >= 11 is 7.33. The number of pyridine rings is 1. The molecule has 0 aliphatic carbocycles. The highest BCUT2D eigenvalue weighted by atomic mass is 35.5. The summed E-state index contributed by atoms with van der Waals surface area (Å²) in [6.07, 6.45) is 3.49. The van der Waals surface area contributed by atoms with Crippen LogP contribution in [0.2, 0.25) is 5.15 Å². The first-order chi connectivity index (χ1) is 14.1. The van der Waals surface area contributed by atoms with Crippen LogP contribution in [0.1, 0.15) is 36.5 Å². The third kappa shape index (κ3) is 3.29. The lowest BCUT2D eigenvalue weighted by molar-refractivity contribution is -0.113. The van der Waals surface area contributed by atoms with Crippen LogP contribution in [0.15, 0.2) is 52.5 Å². The van der Waals surface area contributed by atoms with E-state index in [-0.39, 0.29) is 11.5 Å². The Bertz CT molecular complexity index is 1040. The molecule has 1 aromatic carbocycles. The maximum absolute atomic E-state index is 12.6.